The Hall–Kier alpha value is -3.38. The van der Waals surface area contributed by atoms with Gasteiger partial charge in [-0.05, 0) is 38.5 Å². The van der Waals surface area contributed by atoms with Crippen molar-refractivity contribution >= 4 is 24.2 Å². The molecule has 12 nitrogen and oxygen atoms in total. The third kappa shape index (κ3) is 8.94. The minimum absolute atomic E-state index is 0.0284. The normalized spacial score (nSPS) is 12.3. The standard InChI is InChI=1S/C21H30N2O10/c1-6-28-19(26)32-15-9-8-14(10-16(15)33-20(27)29-7-2)11-21(5,23-22)18(25)31-12-30-17(24)13(3)4/h8-10,13,23H,6-7,11-12,22H2,1-5H3/t21-/m0/s1. The Morgan fingerprint density at radius 3 is 2.03 bits per heavy atom. The number of carbonyl (C=O) groups is 4. The van der Waals surface area contributed by atoms with Gasteiger partial charge in [0, 0.05) is 6.42 Å². The number of hydrogen-bond donors (Lipinski definition) is 2. The highest BCUT2D eigenvalue weighted by Gasteiger charge is 2.35. The summed E-state index contributed by atoms with van der Waals surface area (Å²) in [4.78, 5) is 47.5. The first-order chi connectivity index (χ1) is 15.6. The van der Waals surface area contributed by atoms with E-state index in [4.69, 9.17) is 34.3 Å². The number of nitrogens with one attached hydrogen (secondary N) is 1. The fraction of sp³-hybridized carbons (Fsp3) is 0.524. The second-order valence-corrected chi connectivity index (χ2v) is 7.17. The van der Waals surface area contributed by atoms with Crippen molar-refractivity contribution in [2.45, 2.75) is 46.6 Å². The van der Waals surface area contributed by atoms with E-state index in [2.05, 4.69) is 5.43 Å². The fourth-order valence-corrected chi connectivity index (χ4v) is 2.36. The molecule has 0 saturated carbocycles. The maximum Gasteiger partial charge on any atom is 0.513 e. The molecule has 0 aliphatic heterocycles. The second kappa shape index (κ2) is 13.2. The molecule has 1 aromatic rings. The van der Waals surface area contributed by atoms with Crippen LogP contribution in [0.4, 0.5) is 9.59 Å². The summed E-state index contributed by atoms with van der Waals surface area (Å²) < 4.78 is 29.5. The zero-order chi connectivity index (χ0) is 25.0. The Kier molecular flexibility index (Phi) is 11.1. The van der Waals surface area contributed by atoms with Crippen molar-refractivity contribution < 1.29 is 47.6 Å². The van der Waals surface area contributed by atoms with Crippen LogP contribution >= 0.6 is 0 Å². The number of nitrogens with two attached hydrogens (primary N) is 1. The Labute approximate surface area is 191 Å². The van der Waals surface area contributed by atoms with Gasteiger partial charge in [-0.1, -0.05) is 19.9 Å². The number of rotatable bonds is 11. The molecule has 3 N–H and O–H groups in total. The predicted octanol–water partition coefficient (Wildman–Crippen LogP) is 2.22. The average Bonchev–Trinajstić information content (AvgIpc) is 2.75. The van der Waals surface area contributed by atoms with E-state index in [1.54, 1.807) is 27.7 Å². The van der Waals surface area contributed by atoms with Crippen LogP contribution in [0.15, 0.2) is 18.2 Å². The van der Waals surface area contributed by atoms with Gasteiger partial charge in [-0.25, -0.2) is 19.8 Å². The maximum absolute atomic E-state index is 12.5. The van der Waals surface area contributed by atoms with Crippen LogP contribution in [0, 0.1) is 5.92 Å². The van der Waals surface area contributed by atoms with Gasteiger partial charge in [0.05, 0.1) is 19.1 Å². The highest BCUT2D eigenvalue weighted by molar-refractivity contribution is 5.81. The van der Waals surface area contributed by atoms with E-state index in [1.165, 1.54) is 25.1 Å². The van der Waals surface area contributed by atoms with Gasteiger partial charge in [-0.15, -0.1) is 0 Å². The first kappa shape index (κ1) is 27.7. The first-order valence-corrected chi connectivity index (χ1v) is 10.2. The Balaban J connectivity index is 3.03. The second-order valence-electron chi connectivity index (χ2n) is 7.17. The Morgan fingerprint density at radius 1 is 0.939 bits per heavy atom. The molecule has 0 aliphatic rings. The smallest absolute Gasteiger partial charge is 0.434 e. The summed E-state index contributed by atoms with van der Waals surface area (Å²) in [6.45, 7) is 7.52. The number of carbonyl (C=O) groups excluding carboxylic acids is 4. The van der Waals surface area contributed by atoms with E-state index >= 15 is 0 Å². The van der Waals surface area contributed by atoms with Crippen molar-refractivity contribution in [2.75, 3.05) is 20.0 Å². The van der Waals surface area contributed by atoms with Crippen LogP contribution in [-0.4, -0.2) is 49.8 Å². The summed E-state index contributed by atoms with van der Waals surface area (Å²) in [6, 6.07) is 4.24. The molecule has 1 aromatic carbocycles. The molecule has 0 heterocycles. The highest BCUT2D eigenvalue weighted by atomic mass is 16.7. The zero-order valence-corrected chi connectivity index (χ0v) is 19.3. The van der Waals surface area contributed by atoms with E-state index in [9.17, 15) is 19.2 Å². The lowest BCUT2D eigenvalue weighted by atomic mass is 9.93. The summed E-state index contributed by atoms with van der Waals surface area (Å²) >= 11 is 0. The van der Waals surface area contributed by atoms with Gasteiger partial charge in [0.15, 0.2) is 11.5 Å². The lowest BCUT2D eigenvalue weighted by molar-refractivity contribution is -0.173. The number of hydrazine groups is 1. The van der Waals surface area contributed by atoms with E-state index in [-0.39, 0.29) is 37.1 Å². The molecule has 0 radical (unpaired) electrons. The predicted molar refractivity (Wildman–Crippen MR) is 113 cm³/mol. The number of esters is 2. The Morgan fingerprint density at radius 2 is 1.52 bits per heavy atom. The van der Waals surface area contributed by atoms with Gasteiger partial charge in [0.1, 0.15) is 5.54 Å². The van der Waals surface area contributed by atoms with Crippen LogP contribution in [0.2, 0.25) is 0 Å². The van der Waals surface area contributed by atoms with Crippen LogP contribution in [0.3, 0.4) is 0 Å². The van der Waals surface area contributed by atoms with Crippen molar-refractivity contribution in [3.05, 3.63) is 23.8 Å². The average molecular weight is 470 g/mol. The summed E-state index contributed by atoms with van der Waals surface area (Å²) in [7, 11) is 0. The van der Waals surface area contributed by atoms with Crippen molar-refractivity contribution in [3.8, 4) is 11.5 Å². The molecular formula is C21H30N2O10. The van der Waals surface area contributed by atoms with Crippen LogP contribution in [-0.2, 0) is 35.0 Å². The lowest BCUT2D eigenvalue weighted by Crippen LogP contribution is -2.55. The molecule has 184 valence electrons. The summed E-state index contributed by atoms with van der Waals surface area (Å²) in [6.07, 6.45) is -2.04. The van der Waals surface area contributed by atoms with Crippen molar-refractivity contribution in [2.24, 2.45) is 11.8 Å². The molecule has 12 heteroatoms. The first-order valence-electron chi connectivity index (χ1n) is 10.2. The largest absolute Gasteiger partial charge is 0.513 e. The molecule has 0 saturated heterocycles. The highest BCUT2D eigenvalue weighted by Crippen LogP contribution is 2.31. The Bertz CT molecular complexity index is 842. The van der Waals surface area contributed by atoms with Crippen LogP contribution < -0.4 is 20.7 Å². The van der Waals surface area contributed by atoms with Gasteiger partial charge in [-0.2, -0.15) is 0 Å². The van der Waals surface area contributed by atoms with Gasteiger partial charge in [-0.3, -0.25) is 10.6 Å². The van der Waals surface area contributed by atoms with Gasteiger partial charge >= 0.3 is 24.2 Å². The summed E-state index contributed by atoms with van der Waals surface area (Å²) in [5.74, 6) is 3.64. The van der Waals surface area contributed by atoms with E-state index < -0.39 is 36.6 Å². The van der Waals surface area contributed by atoms with E-state index in [0.717, 1.165) is 0 Å². The minimum atomic E-state index is -1.44. The molecule has 0 aromatic heterocycles. The number of hydrogen-bond acceptors (Lipinski definition) is 12. The molecule has 0 amide bonds. The van der Waals surface area contributed by atoms with E-state index in [1.807, 2.05) is 0 Å². The molecule has 0 unspecified atom stereocenters. The lowest BCUT2D eigenvalue weighted by Gasteiger charge is -2.26. The van der Waals surface area contributed by atoms with Gasteiger partial charge in [0.2, 0.25) is 6.79 Å². The third-order valence-electron chi connectivity index (χ3n) is 4.11. The summed E-state index contributed by atoms with van der Waals surface area (Å²) in [5.41, 5.74) is 1.40. The zero-order valence-electron chi connectivity index (χ0n) is 19.3. The van der Waals surface area contributed by atoms with Crippen LogP contribution in [0.1, 0.15) is 40.2 Å². The molecule has 0 fully saturated rings. The maximum atomic E-state index is 12.5. The molecule has 0 bridgehead atoms. The molecular weight excluding hydrogens is 440 g/mol. The molecule has 0 aliphatic carbocycles. The number of benzene rings is 1. The fourth-order valence-electron chi connectivity index (χ4n) is 2.36. The quantitative estimate of drug-likeness (QED) is 0.121. The van der Waals surface area contributed by atoms with Crippen molar-refractivity contribution in [1.82, 2.24) is 5.43 Å². The minimum Gasteiger partial charge on any atom is -0.434 e. The molecule has 33 heavy (non-hydrogen) atoms. The monoisotopic (exact) mass is 470 g/mol. The van der Waals surface area contributed by atoms with Gasteiger partial charge in [0.25, 0.3) is 0 Å². The molecule has 1 atom stereocenters. The summed E-state index contributed by atoms with van der Waals surface area (Å²) in [5, 5.41) is 0. The molecule has 0 spiro atoms. The van der Waals surface area contributed by atoms with Crippen molar-refractivity contribution in [1.29, 1.82) is 0 Å². The van der Waals surface area contributed by atoms with Gasteiger partial charge < -0.3 is 28.4 Å². The molecule has 1 rings (SSSR count). The van der Waals surface area contributed by atoms with Crippen LogP contribution in [0.25, 0.3) is 0 Å². The van der Waals surface area contributed by atoms with Crippen molar-refractivity contribution in [3.63, 3.8) is 0 Å². The van der Waals surface area contributed by atoms with E-state index in [0.29, 0.717) is 5.56 Å². The topological polar surface area (TPSA) is 162 Å². The SMILES string of the molecule is CCOC(=O)Oc1ccc(C[C@](C)(NN)C(=O)OCOC(=O)C(C)C)cc1OC(=O)OCC. The van der Waals surface area contributed by atoms with Crippen LogP contribution in [0.5, 0.6) is 11.5 Å². The third-order valence-corrected chi connectivity index (χ3v) is 4.11. The number of ether oxygens (including phenoxy) is 6.